The second kappa shape index (κ2) is 8.09. The molecule has 122 valence electrons. The summed E-state index contributed by atoms with van der Waals surface area (Å²) in [6.45, 7) is 0. The van der Waals surface area contributed by atoms with Crippen molar-refractivity contribution in [1.29, 1.82) is 0 Å². The van der Waals surface area contributed by atoms with E-state index in [1.807, 2.05) is 60.7 Å². The summed E-state index contributed by atoms with van der Waals surface area (Å²) in [5.74, 6) is -0.882. The van der Waals surface area contributed by atoms with E-state index < -0.39 is 19.0 Å². The van der Waals surface area contributed by atoms with E-state index in [0.717, 1.165) is 11.1 Å². The van der Waals surface area contributed by atoms with E-state index in [2.05, 4.69) is 0 Å². The van der Waals surface area contributed by atoms with Crippen LogP contribution in [0, 0.1) is 0 Å². The molecule has 0 saturated heterocycles. The molecule has 2 aromatic carbocycles. The van der Waals surface area contributed by atoms with Gasteiger partial charge in [0.05, 0.1) is 11.8 Å². The van der Waals surface area contributed by atoms with E-state index in [9.17, 15) is 14.3 Å². The lowest BCUT2D eigenvalue weighted by Crippen LogP contribution is -2.04. The second-order valence-electron chi connectivity index (χ2n) is 5.61. The zero-order valence-electron chi connectivity index (χ0n) is 12.8. The third kappa shape index (κ3) is 5.34. The SMILES string of the molecule is O=C(O)CCCC(c1ccccc1)P(=O)(O)Cc1ccccc1. The van der Waals surface area contributed by atoms with Crippen LogP contribution in [0.5, 0.6) is 0 Å². The molecule has 0 aromatic heterocycles. The van der Waals surface area contributed by atoms with Crippen molar-refractivity contribution in [1.82, 2.24) is 0 Å². The number of carbonyl (C=O) groups is 1. The maximum Gasteiger partial charge on any atom is 0.303 e. The summed E-state index contributed by atoms with van der Waals surface area (Å²) in [4.78, 5) is 21.4. The first-order chi connectivity index (χ1) is 11.0. The molecule has 0 aliphatic heterocycles. The number of carboxylic acids is 1. The van der Waals surface area contributed by atoms with E-state index >= 15 is 0 Å². The van der Waals surface area contributed by atoms with Gasteiger partial charge in [-0.1, -0.05) is 60.7 Å². The Morgan fingerprint density at radius 3 is 2.13 bits per heavy atom. The molecule has 2 N–H and O–H groups in total. The monoisotopic (exact) mass is 332 g/mol. The Kier molecular flexibility index (Phi) is 6.14. The highest BCUT2D eigenvalue weighted by molar-refractivity contribution is 7.57. The summed E-state index contributed by atoms with van der Waals surface area (Å²) in [6, 6.07) is 18.4. The summed E-state index contributed by atoms with van der Waals surface area (Å²) in [6.07, 6.45) is 0.875. The number of hydrogen-bond acceptors (Lipinski definition) is 2. The molecule has 0 aliphatic rings. The lowest BCUT2D eigenvalue weighted by Gasteiger charge is -2.23. The number of rotatable bonds is 8. The van der Waals surface area contributed by atoms with Crippen LogP contribution < -0.4 is 0 Å². The van der Waals surface area contributed by atoms with Crippen LogP contribution in [0.3, 0.4) is 0 Å². The van der Waals surface area contributed by atoms with Crippen LogP contribution in [0.15, 0.2) is 60.7 Å². The molecule has 0 aliphatic carbocycles. The Morgan fingerprint density at radius 2 is 1.57 bits per heavy atom. The molecular formula is C18H21O4P. The van der Waals surface area contributed by atoms with Crippen LogP contribution in [0.4, 0.5) is 0 Å². The molecule has 23 heavy (non-hydrogen) atoms. The number of aliphatic carboxylic acids is 1. The van der Waals surface area contributed by atoms with Gasteiger partial charge in [-0.2, -0.15) is 0 Å². The average molecular weight is 332 g/mol. The first-order valence-corrected chi connectivity index (χ1v) is 9.52. The van der Waals surface area contributed by atoms with E-state index in [0.29, 0.717) is 12.8 Å². The van der Waals surface area contributed by atoms with Crippen LogP contribution in [-0.2, 0) is 15.5 Å². The first kappa shape index (κ1) is 17.5. The molecule has 2 rings (SSSR count). The van der Waals surface area contributed by atoms with Gasteiger partial charge in [-0.05, 0) is 24.0 Å². The molecule has 0 radical (unpaired) electrons. The maximum absolute atomic E-state index is 13.0. The molecule has 0 bridgehead atoms. The lowest BCUT2D eigenvalue weighted by molar-refractivity contribution is -0.137. The molecule has 5 heteroatoms. The van der Waals surface area contributed by atoms with Crippen molar-refractivity contribution in [2.75, 3.05) is 0 Å². The normalized spacial score (nSPS) is 14.8. The Hall–Kier alpha value is -1.90. The van der Waals surface area contributed by atoms with Crippen molar-refractivity contribution < 1.29 is 19.4 Å². The zero-order chi connectivity index (χ0) is 16.7. The van der Waals surface area contributed by atoms with Gasteiger partial charge in [0.2, 0.25) is 7.37 Å². The summed E-state index contributed by atoms with van der Waals surface area (Å²) in [7, 11) is -3.50. The Bertz CT molecular complexity index is 670. The molecule has 0 spiro atoms. The van der Waals surface area contributed by atoms with E-state index in [1.54, 1.807) is 0 Å². The number of benzene rings is 2. The van der Waals surface area contributed by atoms with Crippen molar-refractivity contribution in [2.24, 2.45) is 0 Å². The highest BCUT2D eigenvalue weighted by atomic mass is 31.2. The Labute approximate surface area is 136 Å². The molecule has 0 heterocycles. The summed E-state index contributed by atoms with van der Waals surface area (Å²) in [5.41, 5.74) is 1.07. The van der Waals surface area contributed by atoms with Crippen LogP contribution >= 0.6 is 7.37 Å². The molecule has 2 aromatic rings. The first-order valence-electron chi connectivity index (χ1n) is 7.61. The smallest absolute Gasteiger partial charge is 0.303 e. The fourth-order valence-electron chi connectivity index (χ4n) is 2.68. The van der Waals surface area contributed by atoms with Crippen molar-refractivity contribution >= 4 is 13.3 Å². The van der Waals surface area contributed by atoms with Crippen molar-refractivity contribution in [3.8, 4) is 0 Å². The van der Waals surface area contributed by atoms with Gasteiger partial charge in [-0.3, -0.25) is 9.36 Å². The average Bonchev–Trinajstić information content (AvgIpc) is 2.52. The maximum atomic E-state index is 13.0. The summed E-state index contributed by atoms with van der Waals surface area (Å²) in [5, 5.41) is 8.80. The minimum atomic E-state index is -3.50. The predicted molar refractivity (Wildman–Crippen MR) is 90.6 cm³/mol. The van der Waals surface area contributed by atoms with Crippen LogP contribution in [0.2, 0.25) is 0 Å². The van der Waals surface area contributed by atoms with E-state index in [4.69, 9.17) is 5.11 Å². The summed E-state index contributed by atoms with van der Waals surface area (Å²) < 4.78 is 13.0. The van der Waals surface area contributed by atoms with Crippen LogP contribution in [-0.4, -0.2) is 16.0 Å². The molecule has 4 nitrogen and oxygen atoms in total. The van der Waals surface area contributed by atoms with Gasteiger partial charge < -0.3 is 10.00 Å². The molecule has 0 amide bonds. The minimum absolute atomic E-state index is 0.00860. The Balaban J connectivity index is 2.20. The van der Waals surface area contributed by atoms with Gasteiger partial charge in [0.1, 0.15) is 0 Å². The third-order valence-corrected chi connectivity index (χ3v) is 6.14. The third-order valence-electron chi connectivity index (χ3n) is 3.79. The van der Waals surface area contributed by atoms with E-state index in [1.165, 1.54) is 0 Å². The fraction of sp³-hybridized carbons (Fsp3) is 0.278. The van der Waals surface area contributed by atoms with Gasteiger partial charge in [0, 0.05) is 6.42 Å². The standard InChI is InChI=1S/C18H21O4P/c19-18(20)13-7-12-17(16-10-5-2-6-11-16)23(21,22)14-15-8-3-1-4-9-15/h1-6,8-11,17H,7,12-14H2,(H,19,20)(H,21,22). The van der Waals surface area contributed by atoms with Gasteiger partial charge in [-0.15, -0.1) is 0 Å². The highest BCUT2D eigenvalue weighted by Crippen LogP contribution is 2.60. The topological polar surface area (TPSA) is 74.6 Å². The number of carboxylic acid groups (broad SMARTS) is 1. The van der Waals surface area contributed by atoms with Crippen molar-refractivity contribution in [3.63, 3.8) is 0 Å². The lowest BCUT2D eigenvalue weighted by atomic mass is 10.1. The summed E-state index contributed by atoms with van der Waals surface area (Å²) >= 11 is 0. The largest absolute Gasteiger partial charge is 0.481 e. The highest BCUT2D eigenvalue weighted by Gasteiger charge is 2.32. The van der Waals surface area contributed by atoms with Crippen molar-refractivity contribution in [2.45, 2.75) is 31.1 Å². The molecule has 2 atom stereocenters. The zero-order valence-corrected chi connectivity index (χ0v) is 13.7. The van der Waals surface area contributed by atoms with Gasteiger partial charge in [0.25, 0.3) is 0 Å². The molecule has 0 fully saturated rings. The molecular weight excluding hydrogens is 311 g/mol. The van der Waals surface area contributed by atoms with Gasteiger partial charge in [0.15, 0.2) is 0 Å². The number of hydrogen-bond donors (Lipinski definition) is 2. The van der Waals surface area contributed by atoms with Crippen LogP contribution in [0.1, 0.15) is 36.0 Å². The van der Waals surface area contributed by atoms with Crippen molar-refractivity contribution in [3.05, 3.63) is 71.8 Å². The minimum Gasteiger partial charge on any atom is -0.481 e. The van der Waals surface area contributed by atoms with Gasteiger partial charge in [-0.25, -0.2) is 0 Å². The van der Waals surface area contributed by atoms with Gasteiger partial charge >= 0.3 is 5.97 Å². The molecule has 2 unspecified atom stereocenters. The van der Waals surface area contributed by atoms with Crippen LogP contribution in [0.25, 0.3) is 0 Å². The Morgan fingerprint density at radius 1 is 1.00 bits per heavy atom. The molecule has 0 saturated carbocycles. The second-order valence-corrected chi connectivity index (χ2v) is 8.06. The van der Waals surface area contributed by atoms with E-state index in [-0.39, 0.29) is 12.6 Å². The predicted octanol–water partition coefficient (Wildman–Crippen LogP) is 4.45. The quantitative estimate of drug-likeness (QED) is 0.700. The fourth-order valence-corrected chi connectivity index (χ4v) is 4.86.